The van der Waals surface area contributed by atoms with Crippen LogP contribution in [0.15, 0.2) is 18.2 Å². The number of aromatic carboxylic acids is 1. The van der Waals surface area contributed by atoms with E-state index in [1.165, 1.54) is 37.5 Å². The van der Waals surface area contributed by atoms with Gasteiger partial charge in [0.1, 0.15) is 11.3 Å². The first kappa shape index (κ1) is 21.3. The van der Waals surface area contributed by atoms with Crippen molar-refractivity contribution in [1.82, 2.24) is 0 Å². The van der Waals surface area contributed by atoms with Crippen LogP contribution in [0, 0.1) is 0 Å². The minimum absolute atomic E-state index is 0. The van der Waals surface area contributed by atoms with E-state index in [9.17, 15) is 14.7 Å². The third-order valence-corrected chi connectivity index (χ3v) is 3.21. The van der Waals surface area contributed by atoms with Crippen molar-refractivity contribution in [3.63, 3.8) is 0 Å². The van der Waals surface area contributed by atoms with Gasteiger partial charge in [0.05, 0.1) is 6.61 Å². The maximum Gasteiger partial charge on any atom is 0.411 e. The van der Waals surface area contributed by atoms with Crippen LogP contribution in [0.25, 0.3) is 0 Å². The number of rotatable bonds is 9. The van der Waals surface area contributed by atoms with Crippen molar-refractivity contribution in [2.24, 2.45) is 0 Å². The number of hydrogen-bond acceptors (Lipinski definition) is 4. The predicted octanol–water partition coefficient (Wildman–Crippen LogP) is 2.82. The molecule has 6 nitrogen and oxygen atoms in total. The third kappa shape index (κ3) is 8.48. The summed E-state index contributed by atoms with van der Waals surface area (Å²) in [5.41, 5.74) is 0.0708. The van der Waals surface area contributed by atoms with E-state index < -0.39 is 17.8 Å². The highest BCUT2D eigenvalue weighted by molar-refractivity contribution is 5.92. The van der Waals surface area contributed by atoms with Crippen molar-refractivity contribution >= 4 is 35.1 Å². The first-order valence-electron chi connectivity index (χ1n) is 7.54. The topological polar surface area (TPSA) is 95.9 Å². The Bertz CT molecular complexity index is 507. The fourth-order valence-electron chi connectivity index (χ4n) is 1.99. The molecule has 0 saturated heterocycles. The lowest BCUT2D eigenvalue weighted by atomic mass is 10.1. The Morgan fingerprint density at radius 3 is 2.39 bits per heavy atom. The summed E-state index contributed by atoms with van der Waals surface area (Å²) in [7, 11) is 0. The zero-order chi connectivity index (χ0) is 16.4. The van der Waals surface area contributed by atoms with E-state index in [-0.39, 0.29) is 28.6 Å². The van der Waals surface area contributed by atoms with Crippen molar-refractivity contribution in [3.8, 4) is 5.75 Å². The lowest BCUT2D eigenvalue weighted by Gasteiger charge is -2.08. The fraction of sp³-hybridized carbons (Fsp3) is 0.500. The van der Waals surface area contributed by atoms with Crippen LogP contribution in [-0.2, 0) is 4.74 Å². The lowest BCUT2D eigenvalue weighted by Crippen LogP contribution is -2.14. The number of nitrogens with one attached hydrogen (secondary N) is 1. The molecule has 0 heterocycles. The van der Waals surface area contributed by atoms with Gasteiger partial charge in [-0.15, -0.1) is 0 Å². The van der Waals surface area contributed by atoms with Gasteiger partial charge in [0.2, 0.25) is 0 Å². The molecule has 1 rings (SSSR count). The van der Waals surface area contributed by atoms with E-state index in [1.807, 2.05) is 0 Å². The number of phenols is 1. The summed E-state index contributed by atoms with van der Waals surface area (Å²) in [5, 5.41) is 20.8. The zero-order valence-electron chi connectivity index (χ0n) is 12.8. The van der Waals surface area contributed by atoms with Crippen molar-refractivity contribution in [3.05, 3.63) is 23.8 Å². The molecule has 0 spiro atoms. The summed E-state index contributed by atoms with van der Waals surface area (Å²) in [4.78, 5) is 22.3. The maximum atomic E-state index is 11.5. The second-order valence-corrected chi connectivity index (χ2v) is 5.07. The molecule has 1 aromatic carbocycles. The van der Waals surface area contributed by atoms with E-state index in [0.717, 1.165) is 19.3 Å². The Labute approximate surface area is 147 Å². The highest BCUT2D eigenvalue weighted by atomic mass is 27.0. The Morgan fingerprint density at radius 2 is 1.78 bits per heavy atom. The third-order valence-electron chi connectivity index (χ3n) is 3.21. The van der Waals surface area contributed by atoms with Crippen LogP contribution < -0.4 is 5.32 Å². The minimum Gasteiger partial charge on any atom is -0.507 e. The molecule has 0 unspecified atom stereocenters. The van der Waals surface area contributed by atoms with Gasteiger partial charge < -0.3 is 14.9 Å². The molecule has 7 heteroatoms. The van der Waals surface area contributed by atoms with E-state index in [2.05, 4.69) is 12.2 Å². The molecular weight excluding hydrogens is 313 g/mol. The molecule has 0 bridgehead atoms. The van der Waals surface area contributed by atoms with Crippen LogP contribution in [0.3, 0.4) is 0 Å². The summed E-state index contributed by atoms with van der Waals surface area (Å²) in [6.45, 7) is 2.51. The van der Waals surface area contributed by atoms with Gasteiger partial charge in [-0.2, -0.15) is 0 Å². The van der Waals surface area contributed by atoms with Crippen LogP contribution >= 0.6 is 0 Å². The average Bonchev–Trinajstić information content (AvgIpc) is 2.46. The molecule has 0 aliphatic carbocycles. The highest BCUT2D eigenvalue weighted by Crippen LogP contribution is 2.22. The first-order chi connectivity index (χ1) is 10.5. The molecule has 128 valence electrons. The molecule has 0 aromatic heterocycles. The molecule has 0 saturated carbocycles. The SMILES string of the molecule is CCCCCCCCOC(=O)Nc1ccc(C(=O)O)c(O)c1.[AlH3]. The molecule has 0 aliphatic heterocycles. The fourth-order valence-corrected chi connectivity index (χ4v) is 1.99. The smallest absolute Gasteiger partial charge is 0.411 e. The van der Waals surface area contributed by atoms with Crippen LogP contribution in [0.2, 0.25) is 0 Å². The number of carboxylic acids is 1. The number of benzene rings is 1. The van der Waals surface area contributed by atoms with Crippen LogP contribution in [0.4, 0.5) is 10.5 Å². The van der Waals surface area contributed by atoms with Crippen molar-refractivity contribution in [2.45, 2.75) is 45.4 Å². The van der Waals surface area contributed by atoms with Gasteiger partial charge in [0.15, 0.2) is 17.4 Å². The number of ether oxygens (including phenoxy) is 1. The van der Waals surface area contributed by atoms with Gasteiger partial charge in [0.25, 0.3) is 0 Å². The molecule has 3 N–H and O–H groups in total. The van der Waals surface area contributed by atoms with E-state index in [1.54, 1.807) is 0 Å². The monoisotopic (exact) mass is 339 g/mol. The summed E-state index contributed by atoms with van der Waals surface area (Å²) < 4.78 is 5.02. The Kier molecular flexibility index (Phi) is 10.9. The molecular formula is C16H26AlNO5. The number of carboxylic acid groups (broad SMARTS) is 1. The predicted molar refractivity (Wildman–Crippen MR) is 93.4 cm³/mol. The number of carbonyl (C=O) groups is 2. The normalized spacial score (nSPS) is 9.78. The second-order valence-electron chi connectivity index (χ2n) is 5.07. The number of aromatic hydroxyl groups is 1. The lowest BCUT2D eigenvalue weighted by molar-refractivity contribution is 0.0693. The van der Waals surface area contributed by atoms with Crippen LogP contribution in [-0.4, -0.2) is 46.2 Å². The van der Waals surface area contributed by atoms with Gasteiger partial charge >= 0.3 is 12.1 Å². The van der Waals surface area contributed by atoms with Crippen molar-refractivity contribution in [2.75, 3.05) is 11.9 Å². The summed E-state index contributed by atoms with van der Waals surface area (Å²) in [6.07, 6.45) is 6.02. The van der Waals surface area contributed by atoms with Gasteiger partial charge in [-0.3, -0.25) is 5.32 Å². The largest absolute Gasteiger partial charge is 0.507 e. The van der Waals surface area contributed by atoms with Gasteiger partial charge in [-0.25, -0.2) is 9.59 Å². The van der Waals surface area contributed by atoms with Gasteiger partial charge in [-0.1, -0.05) is 39.0 Å². The van der Waals surface area contributed by atoms with Crippen LogP contribution in [0.1, 0.15) is 55.8 Å². The number of anilines is 1. The Hall–Kier alpha value is -1.71. The quantitative estimate of drug-likeness (QED) is 0.475. The van der Waals surface area contributed by atoms with Crippen molar-refractivity contribution in [1.29, 1.82) is 0 Å². The van der Waals surface area contributed by atoms with E-state index >= 15 is 0 Å². The molecule has 1 aromatic rings. The number of hydrogen-bond donors (Lipinski definition) is 3. The standard InChI is InChI=1S/C16H23NO5.Al.3H/c1-2-3-4-5-6-7-10-22-16(21)17-12-8-9-13(15(19)20)14(18)11-12;;;;/h8-9,11,18H,2-7,10H2,1H3,(H,17,21)(H,19,20);;;;. The zero-order valence-corrected chi connectivity index (χ0v) is 12.8. The van der Waals surface area contributed by atoms with E-state index in [0.29, 0.717) is 6.61 Å². The maximum absolute atomic E-state index is 11.5. The molecule has 1 amide bonds. The van der Waals surface area contributed by atoms with Crippen LogP contribution in [0.5, 0.6) is 5.75 Å². The molecule has 0 atom stereocenters. The number of amides is 1. The number of unbranched alkanes of at least 4 members (excludes halogenated alkanes) is 5. The molecule has 0 fully saturated rings. The van der Waals surface area contributed by atoms with Crippen molar-refractivity contribution < 1.29 is 24.5 Å². The highest BCUT2D eigenvalue weighted by Gasteiger charge is 2.11. The first-order valence-corrected chi connectivity index (χ1v) is 7.54. The minimum atomic E-state index is -1.23. The molecule has 0 radical (unpaired) electrons. The summed E-state index contributed by atoms with van der Waals surface area (Å²) >= 11 is 0. The average molecular weight is 339 g/mol. The van der Waals surface area contributed by atoms with Gasteiger partial charge in [-0.05, 0) is 18.6 Å². The Morgan fingerprint density at radius 1 is 1.13 bits per heavy atom. The molecule has 23 heavy (non-hydrogen) atoms. The Balaban J connectivity index is 0.00000484. The number of carbonyl (C=O) groups excluding carboxylic acids is 1. The van der Waals surface area contributed by atoms with E-state index in [4.69, 9.17) is 9.84 Å². The summed E-state index contributed by atoms with van der Waals surface area (Å²) in [6, 6.07) is 3.80. The van der Waals surface area contributed by atoms with Gasteiger partial charge in [0, 0.05) is 11.8 Å². The summed E-state index contributed by atoms with van der Waals surface area (Å²) in [5.74, 6) is -1.63. The second kappa shape index (κ2) is 11.8. The molecule has 0 aliphatic rings.